The summed E-state index contributed by atoms with van der Waals surface area (Å²) >= 11 is 0. The van der Waals surface area contributed by atoms with Crippen LogP contribution >= 0.6 is 0 Å². The third-order valence-corrected chi connectivity index (χ3v) is 7.47. The van der Waals surface area contributed by atoms with Gasteiger partial charge in [0, 0.05) is 30.3 Å². The average molecular weight is 493 g/mol. The zero-order valence-corrected chi connectivity index (χ0v) is 20.6. The van der Waals surface area contributed by atoms with Crippen LogP contribution in [0.5, 0.6) is 0 Å². The van der Waals surface area contributed by atoms with Crippen LogP contribution in [0.1, 0.15) is 63.6 Å². The standard InChI is InChI=1S/C29H24N4O4/c1-17(34)31-16-21(18-10-6-7-13-22(18)31)24-25(32-26(35)19-11-4-5-12-20(19)27(32)36)28(37)33(24)29(2,3)23-14-8-9-15-30-23/h4-16,24-25H,1-3H3/t24-,25-/m0/s1. The van der Waals surface area contributed by atoms with Crippen LogP contribution < -0.4 is 0 Å². The first-order chi connectivity index (χ1) is 17.7. The molecule has 0 saturated carbocycles. The van der Waals surface area contributed by atoms with E-state index in [0.29, 0.717) is 16.8 Å². The van der Waals surface area contributed by atoms with Gasteiger partial charge < -0.3 is 4.90 Å². The number of hydrogen-bond donors (Lipinski definition) is 0. The molecule has 2 aromatic heterocycles. The molecule has 1 fully saturated rings. The lowest BCUT2D eigenvalue weighted by Crippen LogP contribution is -2.70. The number of nitrogens with zero attached hydrogens (tertiary/aromatic N) is 4. The second-order valence-electron chi connectivity index (χ2n) is 9.89. The van der Waals surface area contributed by atoms with Gasteiger partial charge in [-0.15, -0.1) is 0 Å². The van der Waals surface area contributed by atoms with Crippen LogP contribution in [0.2, 0.25) is 0 Å². The Morgan fingerprint density at radius 3 is 2.08 bits per heavy atom. The maximum absolute atomic E-state index is 13.9. The lowest BCUT2D eigenvalue weighted by atomic mass is 9.80. The SMILES string of the molecule is CC(=O)n1cc([C@H]2[C@H](N3C(=O)c4ccccc4C3=O)C(=O)N2C(C)(C)c2ccccn2)c2ccccc21. The maximum Gasteiger partial charge on any atom is 0.262 e. The Kier molecular flexibility index (Phi) is 4.91. The van der Waals surface area contributed by atoms with E-state index in [2.05, 4.69) is 4.98 Å². The summed E-state index contributed by atoms with van der Waals surface area (Å²) in [6.07, 6.45) is 3.39. The first-order valence-electron chi connectivity index (χ1n) is 12.1. The molecule has 2 aliphatic heterocycles. The number of fused-ring (bicyclic) bond motifs is 2. The third kappa shape index (κ3) is 3.11. The summed E-state index contributed by atoms with van der Waals surface area (Å²) in [5.41, 5.74) is 1.76. The molecule has 0 bridgehead atoms. The van der Waals surface area contributed by atoms with Gasteiger partial charge in [0.25, 0.3) is 11.8 Å². The molecule has 3 amide bonds. The number of carbonyl (C=O) groups is 4. The van der Waals surface area contributed by atoms with Crippen molar-refractivity contribution in [3.63, 3.8) is 0 Å². The number of hydrogen-bond acceptors (Lipinski definition) is 5. The lowest BCUT2D eigenvalue weighted by Gasteiger charge is -2.56. The van der Waals surface area contributed by atoms with Gasteiger partial charge in [0.15, 0.2) is 0 Å². The van der Waals surface area contributed by atoms with E-state index in [1.54, 1.807) is 52.2 Å². The molecule has 8 nitrogen and oxygen atoms in total. The van der Waals surface area contributed by atoms with E-state index in [0.717, 1.165) is 10.3 Å². The second kappa shape index (κ2) is 7.96. The number of pyridine rings is 1. The van der Waals surface area contributed by atoms with Crippen molar-refractivity contribution >= 4 is 34.5 Å². The van der Waals surface area contributed by atoms with Crippen molar-refractivity contribution in [2.75, 3.05) is 0 Å². The summed E-state index contributed by atoms with van der Waals surface area (Å²) in [5.74, 6) is -1.51. The monoisotopic (exact) mass is 492 g/mol. The van der Waals surface area contributed by atoms with Gasteiger partial charge in [-0.05, 0) is 44.2 Å². The Hall–Kier alpha value is -4.59. The fraction of sp³-hybridized carbons (Fsp3) is 0.207. The van der Waals surface area contributed by atoms with Crippen LogP contribution in [0.3, 0.4) is 0 Å². The molecule has 0 N–H and O–H groups in total. The molecular weight excluding hydrogens is 468 g/mol. The molecule has 6 rings (SSSR count). The molecule has 2 aromatic carbocycles. The van der Waals surface area contributed by atoms with Crippen LogP contribution in [0.25, 0.3) is 10.9 Å². The molecule has 37 heavy (non-hydrogen) atoms. The Bertz CT molecular complexity index is 1590. The molecule has 2 atom stereocenters. The van der Waals surface area contributed by atoms with Crippen LogP contribution in [-0.2, 0) is 10.3 Å². The maximum atomic E-state index is 13.9. The summed E-state index contributed by atoms with van der Waals surface area (Å²) in [4.78, 5) is 60.6. The van der Waals surface area contributed by atoms with E-state index in [-0.39, 0.29) is 22.9 Å². The summed E-state index contributed by atoms with van der Waals surface area (Å²) in [6, 6.07) is 17.8. The van der Waals surface area contributed by atoms with Crippen molar-refractivity contribution in [1.29, 1.82) is 0 Å². The number of aromatic nitrogens is 2. The summed E-state index contributed by atoms with van der Waals surface area (Å²) < 4.78 is 1.54. The van der Waals surface area contributed by atoms with Gasteiger partial charge in [0.1, 0.15) is 6.04 Å². The number of imide groups is 1. The van der Waals surface area contributed by atoms with E-state index >= 15 is 0 Å². The van der Waals surface area contributed by atoms with E-state index in [4.69, 9.17) is 0 Å². The molecule has 0 spiro atoms. The predicted octanol–water partition coefficient (Wildman–Crippen LogP) is 4.18. The molecular formula is C29H24N4O4. The molecule has 4 heterocycles. The van der Waals surface area contributed by atoms with Gasteiger partial charge in [-0.2, -0.15) is 0 Å². The predicted molar refractivity (Wildman–Crippen MR) is 136 cm³/mol. The average Bonchev–Trinajstić information content (AvgIpc) is 3.39. The van der Waals surface area contributed by atoms with Crippen LogP contribution in [0.4, 0.5) is 0 Å². The number of amides is 3. The normalized spacial score (nSPS) is 19.4. The Balaban J connectivity index is 1.54. The molecule has 0 radical (unpaired) electrons. The van der Waals surface area contributed by atoms with E-state index < -0.39 is 29.4 Å². The number of rotatable bonds is 4. The number of likely N-dealkylation sites (tertiary alicyclic amines) is 1. The van der Waals surface area contributed by atoms with E-state index in [1.165, 1.54) is 6.92 Å². The van der Waals surface area contributed by atoms with Crippen LogP contribution in [0, 0.1) is 0 Å². The van der Waals surface area contributed by atoms with Gasteiger partial charge >= 0.3 is 0 Å². The largest absolute Gasteiger partial charge is 0.320 e. The molecule has 4 aromatic rings. The fourth-order valence-electron chi connectivity index (χ4n) is 5.67. The molecule has 1 saturated heterocycles. The van der Waals surface area contributed by atoms with Gasteiger partial charge in [-0.3, -0.25) is 33.6 Å². The molecule has 2 aliphatic rings. The molecule has 0 aliphatic carbocycles. The van der Waals surface area contributed by atoms with Gasteiger partial charge in [-0.25, -0.2) is 0 Å². The van der Waals surface area contributed by atoms with Crippen molar-refractivity contribution in [2.45, 2.75) is 38.4 Å². The van der Waals surface area contributed by atoms with Crippen molar-refractivity contribution in [3.8, 4) is 0 Å². The quantitative estimate of drug-likeness (QED) is 0.315. The molecule has 0 unspecified atom stereocenters. The minimum absolute atomic E-state index is 0.180. The number of β-lactam (4-membered cyclic amide) rings is 1. The minimum atomic E-state index is -1.05. The number of benzene rings is 2. The molecule has 8 heteroatoms. The van der Waals surface area contributed by atoms with E-state index in [1.807, 2.05) is 50.2 Å². The first kappa shape index (κ1) is 22.8. The van der Waals surface area contributed by atoms with Crippen LogP contribution in [-0.4, -0.2) is 49.0 Å². The number of para-hydroxylation sites is 1. The van der Waals surface area contributed by atoms with E-state index in [9.17, 15) is 19.2 Å². The third-order valence-electron chi connectivity index (χ3n) is 7.47. The zero-order chi connectivity index (χ0) is 26.1. The zero-order valence-electron chi connectivity index (χ0n) is 20.6. The summed E-state index contributed by atoms with van der Waals surface area (Å²) in [7, 11) is 0. The van der Waals surface area contributed by atoms with Gasteiger partial charge in [0.2, 0.25) is 11.8 Å². The van der Waals surface area contributed by atoms with Crippen molar-refractivity contribution < 1.29 is 19.2 Å². The first-order valence-corrected chi connectivity index (χ1v) is 12.1. The smallest absolute Gasteiger partial charge is 0.262 e. The highest BCUT2D eigenvalue weighted by molar-refractivity contribution is 6.23. The highest BCUT2D eigenvalue weighted by Gasteiger charge is 2.61. The van der Waals surface area contributed by atoms with Gasteiger partial charge in [-0.1, -0.05) is 36.4 Å². The fourth-order valence-corrected chi connectivity index (χ4v) is 5.67. The molecule has 184 valence electrons. The topological polar surface area (TPSA) is 92.6 Å². The second-order valence-corrected chi connectivity index (χ2v) is 9.89. The lowest BCUT2D eigenvalue weighted by molar-refractivity contribution is -0.168. The highest BCUT2D eigenvalue weighted by Crippen LogP contribution is 2.49. The Morgan fingerprint density at radius 2 is 1.46 bits per heavy atom. The minimum Gasteiger partial charge on any atom is -0.320 e. The Morgan fingerprint density at radius 1 is 0.838 bits per heavy atom. The van der Waals surface area contributed by atoms with Crippen molar-refractivity contribution in [3.05, 3.63) is 102 Å². The summed E-state index contributed by atoms with van der Waals surface area (Å²) in [6.45, 7) is 5.26. The number of carbonyl (C=O) groups excluding carboxylic acids is 4. The highest BCUT2D eigenvalue weighted by atomic mass is 16.2. The Labute approximate surface area is 213 Å². The van der Waals surface area contributed by atoms with Gasteiger partial charge in [0.05, 0.1) is 33.9 Å². The van der Waals surface area contributed by atoms with Crippen molar-refractivity contribution in [2.24, 2.45) is 0 Å². The van der Waals surface area contributed by atoms with Crippen molar-refractivity contribution in [1.82, 2.24) is 19.4 Å². The van der Waals surface area contributed by atoms with Crippen LogP contribution in [0.15, 0.2) is 79.1 Å². The summed E-state index contributed by atoms with van der Waals surface area (Å²) in [5, 5.41) is 0.777.